The van der Waals surface area contributed by atoms with Gasteiger partial charge < -0.3 is 0 Å². The Morgan fingerprint density at radius 2 is 0.837 bits per heavy atom. The largest absolute Gasteiger partial charge is 0.232 e. The maximum absolute atomic E-state index is 5.12. The number of rotatable bonds is 6. The van der Waals surface area contributed by atoms with Crippen LogP contribution in [0.4, 0.5) is 0 Å². The average Bonchev–Trinajstić information content (AvgIpc) is 3.65. The number of pyridine rings is 1. The second-order valence-corrected chi connectivity index (χ2v) is 12.2. The van der Waals surface area contributed by atoms with Crippen LogP contribution in [-0.2, 0) is 0 Å². The third kappa shape index (κ3) is 5.45. The molecule has 9 rings (SSSR count). The van der Waals surface area contributed by atoms with Crippen LogP contribution in [0.3, 0.4) is 0 Å². The zero-order valence-corrected chi connectivity index (χ0v) is 26.6. The summed E-state index contributed by atoms with van der Waals surface area (Å²) < 4.78 is 2.09. The van der Waals surface area contributed by atoms with Crippen LogP contribution in [0.15, 0.2) is 182 Å². The summed E-state index contributed by atoms with van der Waals surface area (Å²) in [5.74, 6) is 0.713. The van der Waals surface area contributed by atoms with Crippen LogP contribution in [0, 0.1) is 0 Å². The van der Waals surface area contributed by atoms with Crippen LogP contribution >= 0.6 is 0 Å². The minimum Gasteiger partial charge on any atom is -0.232 e. The van der Waals surface area contributed by atoms with Gasteiger partial charge in [-0.3, -0.25) is 0 Å². The van der Waals surface area contributed by atoms with E-state index in [0.29, 0.717) is 5.82 Å². The molecular weight excluding hydrogens is 597 g/mol. The maximum atomic E-state index is 5.12. The SMILES string of the molecule is c1ccc(-c2cc(-c3ccc(-c4ccc5cc(-c6ccccc6)n6nc(-c7ccccc7)cc6c5c4)cc3)nc(-c3ccccc3)n2)cc1. The van der Waals surface area contributed by atoms with Gasteiger partial charge in [-0.05, 0) is 40.8 Å². The summed E-state index contributed by atoms with van der Waals surface area (Å²) in [5.41, 5.74) is 12.5. The molecule has 49 heavy (non-hydrogen) atoms. The first-order valence-corrected chi connectivity index (χ1v) is 16.4. The molecule has 4 heteroatoms. The Morgan fingerprint density at radius 1 is 0.347 bits per heavy atom. The normalized spacial score (nSPS) is 11.3. The average molecular weight is 627 g/mol. The van der Waals surface area contributed by atoms with Crippen molar-refractivity contribution in [2.24, 2.45) is 0 Å². The Bertz CT molecular complexity index is 2500. The molecule has 0 aliphatic rings. The number of aromatic nitrogens is 4. The van der Waals surface area contributed by atoms with Gasteiger partial charge in [-0.2, -0.15) is 5.10 Å². The van der Waals surface area contributed by atoms with Gasteiger partial charge in [0.1, 0.15) is 0 Å². The zero-order valence-electron chi connectivity index (χ0n) is 26.6. The predicted octanol–water partition coefficient (Wildman–Crippen LogP) is 11.3. The zero-order chi connectivity index (χ0) is 32.6. The standard InChI is InChI=1S/C45H30N4/c1-5-13-32(14-6-1)40-29-41(47-45(46-40)36-19-11-4-12-20-36)34-23-21-31(22-24-34)37-25-26-38-28-43(35-17-9-3-10-18-35)49-44(39(38)27-37)30-42(48-49)33-15-7-2-8-16-33/h1-30H. The lowest BCUT2D eigenvalue weighted by Crippen LogP contribution is -1.96. The lowest BCUT2D eigenvalue weighted by molar-refractivity contribution is 0.979. The van der Waals surface area contributed by atoms with Crippen LogP contribution in [0.5, 0.6) is 0 Å². The number of fused-ring (bicyclic) bond motifs is 3. The van der Waals surface area contributed by atoms with Gasteiger partial charge in [0.05, 0.1) is 28.3 Å². The molecule has 0 saturated carbocycles. The third-order valence-corrected chi connectivity index (χ3v) is 9.04. The summed E-state index contributed by atoms with van der Waals surface area (Å²) in [6.45, 7) is 0. The molecule has 0 aliphatic carbocycles. The molecule has 3 heterocycles. The van der Waals surface area contributed by atoms with Crippen LogP contribution < -0.4 is 0 Å². The second-order valence-electron chi connectivity index (χ2n) is 12.2. The van der Waals surface area contributed by atoms with Crippen molar-refractivity contribution in [3.63, 3.8) is 0 Å². The van der Waals surface area contributed by atoms with Gasteiger partial charge in [0, 0.05) is 33.2 Å². The minimum atomic E-state index is 0.713. The van der Waals surface area contributed by atoms with E-state index in [1.54, 1.807) is 0 Å². The predicted molar refractivity (Wildman–Crippen MR) is 201 cm³/mol. The van der Waals surface area contributed by atoms with Crippen LogP contribution in [0.2, 0.25) is 0 Å². The molecule has 0 atom stereocenters. The molecule has 0 bridgehead atoms. The van der Waals surface area contributed by atoms with E-state index in [-0.39, 0.29) is 0 Å². The number of nitrogens with zero attached hydrogens (tertiary/aromatic N) is 4. The fraction of sp³-hybridized carbons (Fsp3) is 0. The highest BCUT2D eigenvalue weighted by atomic mass is 15.2. The van der Waals surface area contributed by atoms with E-state index >= 15 is 0 Å². The second kappa shape index (κ2) is 12.2. The van der Waals surface area contributed by atoms with Crippen molar-refractivity contribution >= 4 is 16.3 Å². The Hall–Kier alpha value is -6.65. The molecule has 0 N–H and O–H groups in total. The number of hydrogen-bond acceptors (Lipinski definition) is 3. The third-order valence-electron chi connectivity index (χ3n) is 9.04. The first-order valence-electron chi connectivity index (χ1n) is 16.4. The molecule has 230 valence electrons. The van der Waals surface area contributed by atoms with Crippen molar-refractivity contribution in [3.05, 3.63) is 182 Å². The number of benzene rings is 6. The fourth-order valence-electron chi connectivity index (χ4n) is 6.51. The quantitative estimate of drug-likeness (QED) is 0.184. The first kappa shape index (κ1) is 28.6. The van der Waals surface area contributed by atoms with Gasteiger partial charge in [0.2, 0.25) is 0 Å². The summed E-state index contributed by atoms with van der Waals surface area (Å²) in [7, 11) is 0. The Morgan fingerprint density at radius 3 is 1.45 bits per heavy atom. The molecule has 0 amide bonds. The minimum absolute atomic E-state index is 0.713. The molecule has 0 spiro atoms. The van der Waals surface area contributed by atoms with Gasteiger partial charge in [0.25, 0.3) is 0 Å². The van der Waals surface area contributed by atoms with E-state index in [4.69, 9.17) is 15.1 Å². The van der Waals surface area contributed by atoms with E-state index in [2.05, 4.69) is 138 Å². The Kier molecular flexibility index (Phi) is 7.10. The molecule has 3 aromatic heterocycles. The van der Waals surface area contributed by atoms with Gasteiger partial charge in [-0.15, -0.1) is 0 Å². The molecule has 0 aliphatic heterocycles. The highest BCUT2D eigenvalue weighted by Gasteiger charge is 2.15. The highest BCUT2D eigenvalue weighted by Crippen LogP contribution is 2.35. The summed E-state index contributed by atoms with van der Waals surface area (Å²) in [4.78, 5) is 9.96. The molecule has 0 unspecified atom stereocenters. The van der Waals surface area contributed by atoms with Crippen molar-refractivity contribution in [1.29, 1.82) is 0 Å². The van der Waals surface area contributed by atoms with Crippen molar-refractivity contribution in [2.45, 2.75) is 0 Å². The monoisotopic (exact) mass is 626 g/mol. The lowest BCUT2D eigenvalue weighted by atomic mass is 9.98. The summed E-state index contributed by atoms with van der Waals surface area (Å²) in [6, 6.07) is 63.3. The summed E-state index contributed by atoms with van der Waals surface area (Å²) >= 11 is 0. The summed E-state index contributed by atoms with van der Waals surface area (Å²) in [6.07, 6.45) is 0. The highest BCUT2D eigenvalue weighted by molar-refractivity contribution is 6.01. The Balaban J connectivity index is 1.14. The van der Waals surface area contributed by atoms with E-state index in [1.807, 2.05) is 48.5 Å². The van der Waals surface area contributed by atoms with E-state index in [1.165, 1.54) is 5.39 Å². The van der Waals surface area contributed by atoms with Crippen molar-refractivity contribution in [1.82, 2.24) is 19.6 Å². The van der Waals surface area contributed by atoms with Crippen molar-refractivity contribution < 1.29 is 0 Å². The van der Waals surface area contributed by atoms with Crippen LogP contribution in [-0.4, -0.2) is 19.6 Å². The lowest BCUT2D eigenvalue weighted by Gasteiger charge is -2.12. The molecular formula is C45H30N4. The van der Waals surface area contributed by atoms with E-state index in [9.17, 15) is 0 Å². The van der Waals surface area contributed by atoms with Crippen molar-refractivity contribution in [2.75, 3.05) is 0 Å². The maximum Gasteiger partial charge on any atom is 0.160 e. The van der Waals surface area contributed by atoms with Gasteiger partial charge >= 0.3 is 0 Å². The van der Waals surface area contributed by atoms with Gasteiger partial charge in [-0.25, -0.2) is 14.5 Å². The molecule has 9 aromatic rings. The van der Waals surface area contributed by atoms with Crippen molar-refractivity contribution in [3.8, 4) is 67.5 Å². The molecule has 0 radical (unpaired) electrons. The van der Waals surface area contributed by atoms with Crippen LogP contribution in [0.1, 0.15) is 0 Å². The topological polar surface area (TPSA) is 43.1 Å². The van der Waals surface area contributed by atoms with Crippen LogP contribution in [0.25, 0.3) is 83.8 Å². The molecule has 6 aromatic carbocycles. The van der Waals surface area contributed by atoms with Gasteiger partial charge in [-0.1, -0.05) is 158 Å². The van der Waals surface area contributed by atoms with E-state index < -0.39 is 0 Å². The molecule has 4 nitrogen and oxygen atoms in total. The fourth-order valence-corrected chi connectivity index (χ4v) is 6.51. The van der Waals surface area contributed by atoms with Gasteiger partial charge in [0.15, 0.2) is 5.82 Å². The molecule has 0 fully saturated rings. The Labute approximate surface area is 284 Å². The molecule has 0 saturated heterocycles. The first-order chi connectivity index (χ1) is 24.3. The van der Waals surface area contributed by atoms with E-state index in [0.717, 1.165) is 72.6 Å². The number of hydrogen-bond donors (Lipinski definition) is 0. The smallest absolute Gasteiger partial charge is 0.160 e. The summed E-state index contributed by atoms with van der Waals surface area (Å²) in [5, 5.41) is 7.45.